The summed E-state index contributed by atoms with van der Waals surface area (Å²) in [4.78, 5) is -1.01. The van der Waals surface area contributed by atoms with Crippen LogP contribution >= 0.6 is 0 Å². The van der Waals surface area contributed by atoms with E-state index in [4.69, 9.17) is 0 Å². The minimum Gasteiger partial charge on any atom is -0.282 e. The van der Waals surface area contributed by atoms with Crippen molar-refractivity contribution in [3.63, 3.8) is 0 Å². The highest BCUT2D eigenvalue weighted by Crippen LogP contribution is 2.40. The van der Waals surface area contributed by atoms with Gasteiger partial charge in [-0.15, -0.1) is 0 Å². The van der Waals surface area contributed by atoms with E-state index in [1.165, 1.54) is 6.07 Å². The van der Waals surface area contributed by atoms with Crippen LogP contribution in [0, 0.1) is 0 Å². The van der Waals surface area contributed by atoms with Gasteiger partial charge in [0, 0.05) is 10.9 Å². The summed E-state index contributed by atoms with van der Waals surface area (Å²) in [5.74, 6) is 0. The fourth-order valence-electron chi connectivity index (χ4n) is 3.00. The molecule has 2 aromatic rings. The summed E-state index contributed by atoms with van der Waals surface area (Å²) in [7, 11) is -9.46. The average molecular weight is 401 g/mol. The monoisotopic (exact) mass is 400 g/mol. The quantitative estimate of drug-likeness (QED) is 0.739. The molecule has 0 radical (unpaired) electrons. The fraction of sp³-hybridized carbons (Fsp3) is 0.444. The van der Waals surface area contributed by atoms with E-state index in [9.17, 15) is 25.9 Å². The zero-order chi connectivity index (χ0) is 20.3. The van der Waals surface area contributed by atoms with E-state index in [0.717, 1.165) is 5.56 Å². The Morgan fingerprint density at radius 2 is 1.31 bits per heavy atom. The molecule has 0 aliphatic heterocycles. The second kappa shape index (κ2) is 6.02. The minimum atomic E-state index is -4.75. The molecule has 0 aliphatic rings. The summed E-state index contributed by atoms with van der Waals surface area (Å²) in [6, 6.07) is 6.24. The molecule has 2 N–H and O–H groups in total. The summed E-state index contributed by atoms with van der Waals surface area (Å²) in [5.41, 5.74) is -0.504. The van der Waals surface area contributed by atoms with Crippen LogP contribution in [0.1, 0.15) is 52.7 Å². The molecule has 26 heavy (non-hydrogen) atoms. The number of benzene rings is 2. The van der Waals surface area contributed by atoms with Crippen molar-refractivity contribution in [3.05, 3.63) is 35.4 Å². The van der Waals surface area contributed by atoms with Gasteiger partial charge in [0.15, 0.2) is 0 Å². The normalized spacial score (nSPS) is 14.0. The smallest absolute Gasteiger partial charge is 0.282 e. The Kier molecular flexibility index (Phi) is 4.82. The molecule has 0 saturated carbocycles. The van der Waals surface area contributed by atoms with Gasteiger partial charge < -0.3 is 0 Å². The Labute approximate surface area is 154 Å². The van der Waals surface area contributed by atoms with E-state index >= 15 is 0 Å². The lowest BCUT2D eigenvalue weighted by atomic mass is 9.83. The van der Waals surface area contributed by atoms with Crippen molar-refractivity contribution >= 4 is 31.0 Å². The van der Waals surface area contributed by atoms with Gasteiger partial charge in [0.05, 0.1) is 4.90 Å². The van der Waals surface area contributed by atoms with Gasteiger partial charge in [-0.1, -0.05) is 59.7 Å². The maximum Gasteiger partial charge on any atom is 0.295 e. The first-order chi connectivity index (χ1) is 11.4. The van der Waals surface area contributed by atoms with Crippen LogP contribution in [0.4, 0.5) is 0 Å². The van der Waals surface area contributed by atoms with Gasteiger partial charge in [-0.3, -0.25) is 9.11 Å². The first-order valence-electron chi connectivity index (χ1n) is 8.01. The van der Waals surface area contributed by atoms with Crippen LogP contribution in [-0.2, 0) is 31.1 Å². The van der Waals surface area contributed by atoms with Crippen LogP contribution in [0.2, 0.25) is 0 Å². The topological polar surface area (TPSA) is 109 Å². The molecule has 0 aliphatic carbocycles. The lowest BCUT2D eigenvalue weighted by molar-refractivity contribution is 0.467. The Balaban J connectivity index is 3.20. The van der Waals surface area contributed by atoms with E-state index in [-0.39, 0.29) is 16.4 Å². The summed E-state index contributed by atoms with van der Waals surface area (Å²) >= 11 is 0. The first kappa shape index (κ1) is 20.8. The highest BCUT2D eigenvalue weighted by atomic mass is 32.2. The molecule has 0 atom stereocenters. The van der Waals surface area contributed by atoms with Gasteiger partial charge in [-0.2, -0.15) is 16.8 Å². The minimum absolute atomic E-state index is 0.140. The molecule has 144 valence electrons. The van der Waals surface area contributed by atoms with Crippen LogP contribution in [0.15, 0.2) is 34.1 Å². The van der Waals surface area contributed by atoms with Gasteiger partial charge in [0.1, 0.15) is 4.90 Å². The molecule has 0 aromatic heterocycles. The third kappa shape index (κ3) is 3.93. The number of hydrogen-bond donors (Lipinski definition) is 2. The molecule has 6 nitrogen and oxygen atoms in total. The summed E-state index contributed by atoms with van der Waals surface area (Å²) in [5, 5.41) is 0.517. The summed E-state index contributed by atoms with van der Waals surface area (Å²) in [6.45, 7) is 10.7. The van der Waals surface area contributed by atoms with Crippen molar-refractivity contribution in [2.24, 2.45) is 0 Å². The molecule has 0 amide bonds. The van der Waals surface area contributed by atoms with E-state index in [0.29, 0.717) is 5.39 Å². The molecule has 0 bridgehead atoms. The number of hydrogen-bond acceptors (Lipinski definition) is 4. The average Bonchev–Trinajstić information content (AvgIpc) is 2.40. The lowest BCUT2D eigenvalue weighted by Crippen LogP contribution is -2.22. The molecule has 0 saturated heterocycles. The summed E-state index contributed by atoms with van der Waals surface area (Å²) < 4.78 is 67.8. The van der Waals surface area contributed by atoms with Crippen molar-refractivity contribution in [2.75, 3.05) is 0 Å². The second-order valence-electron chi connectivity index (χ2n) is 8.46. The molecular weight excluding hydrogens is 376 g/mol. The molecule has 2 aromatic carbocycles. The predicted molar refractivity (Wildman–Crippen MR) is 101 cm³/mol. The SMILES string of the molecule is CC(C)(C)c1ccc2c(S(=O)(=O)O)c(C(C)(C)C)c(S(=O)(=O)O)cc2c1. The van der Waals surface area contributed by atoms with E-state index in [2.05, 4.69) is 0 Å². The first-order valence-corrected chi connectivity index (χ1v) is 10.9. The molecule has 0 spiro atoms. The molecule has 0 fully saturated rings. The maximum atomic E-state index is 12.2. The van der Waals surface area contributed by atoms with Crippen LogP contribution in [-0.4, -0.2) is 25.9 Å². The van der Waals surface area contributed by atoms with E-state index in [1.54, 1.807) is 39.0 Å². The molecular formula is C18H24O6S2. The van der Waals surface area contributed by atoms with Gasteiger partial charge in [0.2, 0.25) is 0 Å². The van der Waals surface area contributed by atoms with Crippen LogP contribution in [0.5, 0.6) is 0 Å². The number of fused-ring (bicyclic) bond motifs is 1. The third-order valence-corrected chi connectivity index (χ3v) is 6.03. The van der Waals surface area contributed by atoms with Crippen molar-refractivity contribution in [2.45, 2.75) is 62.2 Å². The van der Waals surface area contributed by atoms with Gasteiger partial charge in [-0.25, -0.2) is 0 Å². The van der Waals surface area contributed by atoms with Gasteiger partial charge >= 0.3 is 0 Å². The van der Waals surface area contributed by atoms with Crippen molar-refractivity contribution in [3.8, 4) is 0 Å². The zero-order valence-electron chi connectivity index (χ0n) is 15.7. The van der Waals surface area contributed by atoms with Crippen molar-refractivity contribution < 1.29 is 25.9 Å². The maximum absolute atomic E-state index is 12.2. The van der Waals surface area contributed by atoms with Crippen LogP contribution < -0.4 is 0 Å². The van der Waals surface area contributed by atoms with E-state index in [1.807, 2.05) is 20.8 Å². The standard InChI is InChI=1S/C18H24O6S2/c1-17(2,3)12-7-8-13-11(9-12)10-14(25(19,20)21)15(18(4,5)6)16(13)26(22,23)24/h7-10H,1-6H3,(H,19,20,21)(H,22,23,24). The van der Waals surface area contributed by atoms with Crippen molar-refractivity contribution in [1.82, 2.24) is 0 Å². The van der Waals surface area contributed by atoms with Crippen molar-refractivity contribution in [1.29, 1.82) is 0 Å². The molecule has 0 unspecified atom stereocenters. The largest absolute Gasteiger partial charge is 0.295 e. The zero-order valence-corrected chi connectivity index (χ0v) is 17.3. The highest BCUT2D eigenvalue weighted by Gasteiger charge is 2.34. The highest BCUT2D eigenvalue weighted by molar-refractivity contribution is 7.87. The predicted octanol–water partition coefficient (Wildman–Crippen LogP) is 3.93. The Bertz CT molecular complexity index is 1080. The van der Waals surface area contributed by atoms with Crippen LogP contribution in [0.25, 0.3) is 10.8 Å². The van der Waals surface area contributed by atoms with E-state index < -0.39 is 35.4 Å². The van der Waals surface area contributed by atoms with Crippen LogP contribution in [0.3, 0.4) is 0 Å². The van der Waals surface area contributed by atoms with Gasteiger partial charge in [-0.05, 0) is 27.8 Å². The Morgan fingerprint density at radius 1 is 0.769 bits per heavy atom. The molecule has 2 rings (SSSR count). The van der Waals surface area contributed by atoms with Gasteiger partial charge in [0.25, 0.3) is 20.2 Å². The third-order valence-electron chi connectivity index (χ3n) is 4.21. The molecule has 8 heteroatoms. The Hall–Kier alpha value is -1.48. The number of rotatable bonds is 2. The Morgan fingerprint density at radius 3 is 1.69 bits per heavy atom. The molecule has 0 heterocycles. The summed E-state index contributed by atoms with van der Waals surface area (Å²) in [6.07, 6.45) is 0. The lowest BCUT2D eigenvalue weighted by Gasteiger charge is -2.26. The fourth-order valence-corrected chi connectivity index (χ4v) is 5.14. The second-order valence-corrected chi connectivity index (χ2v) is 11.2.